The van der Waals surface area contributed by atoms with Crippen LogP contribution in [0.3, 0.4) is 0 Å². The molecule has 1 aliphatic rings. The summed E-state index contributed by atoms with van der Waals surface area (Å²) >= 11 is 0. The van der Waals surface area contributed by atoms with Crippen molar-refractivity contribution in [2.24, 2.45) is 0 Å². The summed E-state index contributed by atoms with van der Waals surface area (Å²) < 4.78 is 11.7. The van der Waals surface area contributed by atoms with Crippen molar-refractivity contribution < 1.29 is 18.8 Å². The Morgan fingerprint density at radius 2 is 1.72 bits per heavy atom. The fourth-order valence-electron chi connectivity index (χ4n) is 4.78. The highest BCUT2D eigenvalue weighted by Gasteiger charge is 2.35. The van der Waals surface area contributed by atoms with Crippen molar-refractivity contribution in [2.75, 3.05) is 0 Å². The normalized spacial score (nSPS) is 14.2. The van der Waals surface area contributed by atoms with Crippen LogP contribution in [-0.4, -0.2) is 39.6 Å². The topological polar surface area (TPSA) is 84.7 Å². The van der Waals surface area contributed by atoms with Crippen LogP contribution in [-0.2, 0) is 17.8 Å². The van der Waals surface area contributed by atoms with Crippen molar-refractivity contribution in [3.63, 3.8) is 0 Å². The highest BCUT2D eigenvalue weighted by molar-refractivity contribution is 5.98. The third kappa shape index (κ3) is 7.37. The number of nitrogens with one attached hydrogen (secondary N) is 1. The van der Waals surface area contributed by atoms with Crippen molar-refractivity contribution in [1.29, 1.82) is 0 Å². The van der Waals surface area contributed by atoms with Gasteiger partial charge in [0.2, 0.25) is 5.91 Å². The molecule has 1 aliphatic carbocycles. The Morgan fingerprint density at radius 1 is 1.05 bits per heavy atom. The number of rotatable bonds is 9. The zero-order valence-corrected chi connectivity index (χ0v) is 23.6. The lowest BCUT2D eigenvalue weighted by molar-refractivity contribution is -0.127. The number of nitrogens with zero attached hydrogens (tertiary/aromatic N) is 2. The summed E-state index contributed by atoms with van der Waals surface area (Å²) in [6, 6.07) is 18.1. The smallest absolute Gasteiger partial charge is 0.262 e. The number of hydrogen-bond acceptors (Lipinski definition) is 5. The molecule has 1 heterocycles. The number of ether oxygens (including phenoxy) is 1. The molecule has 0 fully saturated rings. The molecule has 0 saturated heterocycles. The van der Waals surface area contributed by atoms with E-state index in [9.17, 15) is 9.59 Å². The Balaban J connectivity index is 1.79. The van der Waals surface area contributed by atoms with Crippen LogP contribution < -0.4 is 10.1 Å². The van der Waals surface area contributed by atoms with Gasteiger partial charge in [-0.3, -0.25) is 9.59 Å². The summed E-state index contributed by atoms with van der Waals surface area (Å²) in [4.78, 5) is 29.7. The minimum Gasteiger partial charge on any atom is -0.472 e. The first-order valence-electron chi connectivity index (χ1n) is 13.7. The summed E-state index contributed by atoms with van der Waals surface area (Å²) in [5, 5.41) is 7.35. The van der Waals surface area contributed by atoms with Gasteiger partial charge in [0.25, 0.3) is 11.8 Å². The lowest BCUT2D eigenvalue weighted by Gasteiger charge is -2.34. The lowest BCUT2D eigenvalue weighted by atomic mass is 9.95. The van der Waals surface area contributed by atoms with E-state index in [1.807, 2.05) is 83.1 Å². The van der Waals surface area contributed by atoms with Gasteiger partial charge in [-0.15, -0.1) is 0 Å². The number of carbonyl (C=O) groups is 2. The summed E-state index contributed by atoms with van der Waals surface area (Å²) in [5.74, 6) is 0.782. The van der Waals surface area contributed by atoms with Gasteiger partial charge in [-0.05, 0) is 75.9 Å². The lowest BCUT2D eigenvalue weighted by Crippen LogP contribution is -2.53. The molecule has 2 amide bonds. The maximum absolute atomic E-state index is 14.0. The van der Waals surface area contributed by atoms with Gasteiger partial charge >= 0.3 is 0 Å². The number of amides is 2. The Hall–Kier alpha value is -3.87. The van der Waals surface area contributed by atoms with Gasteiger partial charge in [0, 0.05) is 30.5 Å². The molecule has 39 heavy (non-hydrogen) atoms. The number of allylic oxidation sites excluding steroid dienone is 1. The molecule has 0 unspecified atom stereocenters. The van der Waals surface area contributed by atoms with E-state index in [-0.39, 0.29) is 24.5 Å². The van der Waals surface area contributed by atoms with Crippen LogP contribution in [0.2, 0.25) is 0 Å². The Labute approximate surface area is 231 Å². The molecule has 3 aromatic rings. The van der Waals surface area contributed by atoms with Gasteiger partial charge in [0.05, 0.1) is 11.7 Å². The third-order valence-corrected chi connectivity index (χ3v) is 6.47. The van der Waals surface area contributed by atoms with E-state index < -0.39 is 11.6 Å². The molecule has 0 saturated carbocycles. The van der Waals surface area contributed by atoms with Gasteiger partial charge in [-0.25, -0.2) is 0 Å². The predicted octanol–water partition coefficient (Wildman–Crippen LogP) is 6.20. The average Bonchev–Trinajstić information content (AvgIpc) is 3.16. The summed E-state index contributed by atoms with van der Waals surface area (Å²) in [5.41, 5.74) is 2.72. The zero-order chi connectivity index (χ0) is 28.0. The first kappa shape index (κ1) is 28.1. The number of fused-ring (bicyclic) bond motifs is 1. The van der Waals surface area contributed by atoms with Crippen LogP contribution in [0.15, 0.2) is 71.3 Å². The van der Waals surface area contributed by atoms with E-state index in [4.69, 9.17) is 9.26 Å². The highest BCUT2D eigenvalue weighted by Crippen LogP contribution is 2.37. The van der Waals surface area contributed by atoms with Crippen LogP contribution in [0.4, 0.5) is 0 Å². The molecule has 0 radical (unpaired) electrons. The molecule has 7 nitrogen and oxygen atoms in total. The summed E-state index contributed by atoms with van der Waals surface area (Å²) in [6.45, 7) is 10.0. The molecule has 4 rings (SSSR count). The predicted molar refractivity (Wildman–Crippen MR) is 152 cm³/mol. The molecule has 7 heteroatoms. The first-order chi connectivity index (χ1) is 18.6. The minimum absolute atomic E-state index is 0.0853. The zero-order valence-electron chi connectivity index (χ0n) is 23.6. The first-order valence-corrected chi connectivity index (χ1v) is 13.7. The van der Waals surface area contributed by atoms with Gasteiger partial charge in [0.1, 0.15) is 11.8 Å². The van der Waals surface area contributed by atoms with Crippen LogP contribution in [0.25, 0.3) is 5.57 Å². The van der Waals surface area contributed by atoms with Crippen LogP contribution in [0.5, 0.6) is 5.88 Å². The van der Waals surface area contributed by atoms with Crippen LogP contribution in [0.1, 0.15) is 81.1 Å². The van der Waals surface area contributed by atoms with Gasteiger partial charge in [0.15, 0.2) is 0 Å². The number of aryl methyl sites for hydroxylation is 1. The fourth-order valence-corrected chi connectivity index (χ4v) is 4.78. The maximum atomic E-state index is 14.0. The Morgan fingerprint density at radius 3 is 2.36 bits per heavy atom. The number of hydrogen-bond donors (Lipinski definition) is 1. The second kappa shape index (κ2) is 12.3. The van der Waals surface area contributed by atoms with Crippen LogP contribution in [0, 0.1) is 0 Å². The van der Waals surface area contributed by atoms with E-state index in [0.717, 1.165) is 41.7 Å². The molecule has 0 bridgehead atoms. The maximum Gasteiger partial charge on any atom is 0.262 e. The molecule has 2 aromatic carbocycles. The minimum atomic E-state index is -0.781. The molecular weight excluding hydrogens is 490 g/mol. The molecule has 0 aliphatic heterocycles. The standard InChI is InChI=1S/C32H39N3O4/c1-22(2)38-30-28-25(18-12-13-19-27(28)39-34-30)20-26(29(36)33-32(3,4)5)35(21-23-14-8-6-9-15-23)31(37)24-16-10-7-11-17-24/h6-11,14-18,22,26H,12-13,19-21H2,1-5H3,(H,33,36)/t26-/m1/s1. The summed E-state index contributed by atoms with van der Waals surface area (Å²) in [7, 11) is 0. The van der Waals surface area contributed by atoms with E-state index >= 15 is 0 Å². The molecular formula is C32H39N3O4. The average molecular weight is 530 g/mol. The monoisotopic (exact) mass is 529 g/mol. The SMILES string of the molecule is CC(C)Oc1noc2c1C(C[C@H](C(=O)NC(C)(C)C)N(Cc1ccccc1)C(=O)c1ccccc1)=CCCC2. The Kier molecular flexibility index (Phi) is 8.90. The van der Waals surface area contributed by atoms with Crippen LogP contribution >= 0.6 is 0 Å². The second-order valence-electron chi connectivity index (χ2n) is 11.3. The molecule has 0 spiro atoms. The van der Waals surface area contributed by atoms with Crippen molar-refractivity contribution >= 4 is 17.4 Å². The Bertz CT molecular complexity index is 1290. The van der Waals surface area contributed by atoms with Gasteiger partial charge < -0.3 is 19.5 Å². The van der Waals surface area contributed by atoms with E-state index in [1.165, 1.54) is 0 Å². The van der Waals surface area contributed by atoms with E-state index in [0.29, 0.717) is 17.9 Å². The highest BCUT2D eigenvalue weighted by atomic mass is 16.5. The largest absolute Gasteiger partial charge is 0.472 e. The number of benzene rings is 2. The molecule has 206 valence electrons. The van der Waals surface area contributed by atoms with Gasteiger partial charge in [-0.1, -0.05) is 54.6 Å². The number of aromatic nitrogens is 1. The number of carbonyl (C=O) groups excluding carboxylic acids is 2. The second-order valence-corrected chi connectivity index (χ2v) is 11.3. The molecule has 1 N–H and O–H groups in total. The van der Waals surface area contributed by atoms with Gasteiger partial charge in [-0.2, -0.15) is 0 Å². The van der Waals surface area contributed by atoms with Crippen molar-refractivity contribution in [1.82, 2.24) is 15.4 Å². The molecule has 1 aromatic heterocycles. The van der Waals surface area contributed by atoms with E-state index in [1.54, 1.807) is 17.0 Å². The van der Waals surface area contributed by atoms with Crippen molar-refractivity contribution in [2.45, 2.75) is 84.5 Å². The van der Waals surface area contributed by atoms with Crippen molar-refractivity contribution in [3.05, 3.63) is 89.2 Å². The quantitative estimate of drug-likeness (QED) is 0.357. The van der Waals surface area contributed by atoms with E-state index in [2.05, 4.69) is 16.5 Å². The fraction of sp³-hybridized carbons (Fsp3) is 0.406. The molecule has 1 atom stereocenters. The van der Waals surface area contributed by atoms with Crippen molar-refractivity contribution in [3.8, 4) is 5.88 Å². The summed E-state index contributed by atoms with van der Waals surface area (Å²) in [6.07, 6.45) is 4.83. The third-order valence-electron chi connectivity index (χ3n) is 6.47.